The average molecular weight is 540 g/mol. The Morgan fingerprint density at radius 2 is 1.69 bits per heavy atom. The number of aliphatic hydroxyl groups is 1. The molecule has 0 spiro atoms. The predicted molar refractivity (Wildman–Crippen MR) is 152 cm³/mol. The molecule has 0 radical (unpaired) electrons. The maximum absolute atomic E-state index is 13.8. The smallest absolute Gasteiger partial charge is 0.254 e. The first-order chi connectivity index (χ1) is 18.5. The lowest BCUT2D eigenvalue weighted by Gasteiger charge is -2.30. The number of hydrogen-bond donors (Lipinski definition) is 3. The largest absolute Gasteiger partial charge is 0.390 e. The van der Waals surface area contributed by atoms with Crippen LogP contribution in [0.5, 0.6) is 0 Å². The highest BCUT2D eigenvalue weighted by Gasteiger charge is 2.26. The molecule has 0 aliphatic heterocycles. The topological polar surface area (TPSA) is 81.7 Å². The van der Waals surface area contributed by atoms with Gasteiger partial charge >= 0.3 is 0 Å². The SMILES string of the molecule is C=C/C(C)=C(\C=C)CN(CC(O)[C@H](Cc1cc(F)cc(F)c1)NC)C(=O)c1cc(C)cc(C(=O)NCCC)c1. The number of carbonyl (C=O) groups excluding carboxylic acids is 2. The number of likely N-dealkylation sites (N-methyl/N-ethyl adjacent to an activating group) is 1. The molecule has 2 aromatic rings. The Hall–Kier alpha value is -3.62. The van der Waals surface area contributed by atoms with Crippen molar-refractivity contribution in [1.82, 2.24) is 15.5 Å². The summed E-state index contributed by atoms with van der Waals surface area (Å²) in [7, 11) is 1.63. The molecule has 0 aliphatic carbocycles. The number of rotatable bonds is 14. The van der Waals surface area contributed by atoms with Gasteiger partial charge in [-0.2, -0.15) is 0 Å². The van der Waals surface area contributed by atoms with Crippen molar-refractivity contribution in [2.75, 3.05) is 26.7 Å². The number of nitrogens with zero attached hydrogens (tertiary/aromatic N) is 1. The van der Waals surface area contributed by atoms with Gasteiger partial charge in [0, 0.05) is 42.9 Å². The van der Waals surface area contributed by atoms with Crippen LogP contribution in [-0.4, -0.2) is 60.6 Å². The molecule has 0 heterocycles. The number of carbonyl (C=O) groups is 2. The second-order valence-electron chi connectivity index (χ2n) is 9.59. The second kappa shape index (κ2) is 15.1. The average Bonchev–Trinajstić information content (AvgIpc) is 2.90. The van der Waals surface area contributed by atoms with Gasteiger partial charge in [0.05, 0.1) is 6.10 Å². The van der Waals surface area contributed by atoms with Gasteiger partial charge in [0.1, 0.15) is 11.6 Å². The van der Waals surface area contributed by atoms with Crippen molar-refractivity contribution in [3.63, 3.8) is 0 Å². The van der Waals surface area contributed by atoms with Crippen LogP contribution in [0.15, 0.2) is 72.9 Å². The van der Waals surface area contributed by atoms with E-state index in [2.05, 4.69) is 23.8 Å². The quantitative estimate of drug-likeness (QED) is 0.303. The highest BCUT2D eigenvalue weighted by Crippen LogP contribution is 2.18. The van der Waals surface area contributed by atoms with Crippen molar-refractivity contribution in [1.29, 1.82) is 0 Å². The molecule has 2 atom stereocenters. The minimum absolute atomic E-state index is 0.0881. The maximum atomic E-state index is 13.8. The molecule has 6 nitrogen and oxygen atoms in total. The standard InChI is InChI=1S/C31H39F2N3O3/c1-7-10-35-30(38)24-11-20(4)12-25(16-24)31(39)36(18-23(9-3)21(5)8-2)19-29(37)28(34-6)15-22-13-26(32)17-27(33)14-22/h8-9,11-14,16-17,28-29,34,37H,2-3,7,10,15,18-19H2,1,4-6H3,(H,35,38)/b23-21+/t28-,29?/m0/s1. The normalized spacial score (nSPS) is 13.2. The number of benzene rings is 2. The molecule has 0 saturated heterocycles. The van der Waals surface area contributed by atoms with Crippen molar-refractivity contribution >= 4 is 11.8 Å². The van der Waals surface area contributed by atoms with Gasteiger partial charge in [-0.3, -0.25) is 9.59 Å². The highest BCUT2D eigenvalue weighted by molar-refractivity contribution is 6.00. The minimum atomic E-state index is -1.09. The number of allylic oxidation sites excluding steroid dienone is 2. The van der Waals surface area contributed by atoms with Crippen LogP contribution in [0, 0.1) is 18.6 Å². The summed E-state index contributed by atoms with van der Waals surface area (Å²) in [5.74, 6) is -2.06. The van der Waals surface area contributed by atoms with Crippen LogP contribution in [0.1, 0.15) is 52.1 Å². The third-order valence-electron chi connectivity index (χ3n) is 6.45. The molecule has 0 fully saturated rings. The van der Waals surface area contributed by atoms with E-state index in [9.17, 15) is 23.5 Å². The summed E-state index contributed by atoms with van der Waals surface area (Å²) in [6.45, 7) is 13.8. The monoisotopic (exact) mass is 539 g/mol. The molecule has 0 aromatic heterocycles. The molecule has 2 amide bonds. The van der Waals surface area contributed by atoms with Gasteiger partial charge in [0.25, 0.3) is 11.8 Å². The van der Waals surface area contributed by atoms with Gasteiger partial charge in [-0.1, -0.05) is 32.2 Å². The van der Waals surface area contributed by atoms with E-state index in [0.29, 0.717) is 23.2 Å². The lowest BCUT2D eigenvalue weighted by atomic mass is 9.99. The molecule has 2 rings (SSSR count). The Bertz CT molecular complexity index is 1210. The fourth-order valence-electron chi connectivity index (χ4n) is 4.23. The van der Waals surface area contributed by atoms with E-state index in [0.717, 1.165) is 29.2 Å². The van der Waals surface area contributed by atoms with Crippen molar-refractivity contribution in [3.05, 3.63) is 107 Å². The van der Waals surface area contributed by atoms with Gasteiger partial charge in [-0.05, 0) is 86.3 Å². The van der Waals surface area contributed by atoms with E-state index in [-0.39, 0.29) is 31.3 Å². The molecule has 0 aliphatic rings. The number of hydrogen-bond acceptors (Lipinski definition) is 4. The Kier molecular flexibility index (Phi) is 12.2. The summed E-state index contributed by atoms with van der Waals surface area (Å²) in [4.78, 5) is 27.9. The summed E-state index contributed by atoms with van der Waals surface area (Å²) in [5.41, 5.74) is 3.35. The summed E-state index contributed by atoms with van der Waals surface area (Å²) in [5, 5.41) is 17.0. The zero-order valence-electron chi connectivity index (χ0n) is 23.2. The lowest BCUT2D eigenvalue weighted by Crippen LogP contribution is -2.48. The molecular weight excluding hydrogens is 500 g/mol. The van der Waals surface area contributed by atoms with Crippen molar-refractivity contribution < 1.29 is 23.5 Å². The molecule has 0 bridgehead atoms. The third-order valence-corrected chi connectivity index (χ3v) is 6.45. The van der Waals surface area contributed by atoms with E-state index >= 15 is 0 Å². The number of halogens is 2. The van der Waals surface area contributed by atoms with E-state index in [1.165, 1.54) is 17.0 Å². The Balaban J connectivity index is 2.41. The van der Waals surface area contributed by atoms with E-state index < -0.39 is 23.8 Å². The summed E-state index contributed by atoms with van der Waals surface area (Å²) < 4.78 is 27.5. The number of aryl methyl sites for hydroxylation is 1. The summed E-state index contributed by atoms with van der Waals surface area (Å²) in [6, 6.07) is 7.57. The number of aliphatic hydroxyl groups excluding tert-OH is 1. The second-order valence-corrected chi connectivity index (χ2v) is 9.59. The van der Waals surface area contributed by atoms with Crippen LogP contribution >= 0.6 is 0 Å². The summed E-state index contributed by atoms with van der Waals surface area (Å²) in [6.07, 6.45) is 3.12. The minimum Gasteiger partial charge on any atom is -0.390 e. The van der Waals surface area contributed by atoms with Gasteiger partial charge in [0.2, 0.25) is 0 Å². The highest BCUT2D eigenvalue weighted by atomic mass is 19.1. The Labute approximate surface area is 230 Å². The van der Waals surface area contributed by atoms with Crippen molar-refractivity contribution in [3.8, 4) is 0 Å². The molecular formula is C31H39F2N3O3. The zero-order valence-corrected chi connectivity index (χ0v) is 23.2. The van der Waals surface area contributed by atoms with Crippen LogP contribution in [-0.2, 0) is 6.42 Å². The molecule has 39 heavy (non-hydrogen) atoms. The first kappa shape index (κ1) is 31.6. The molecule has 3 N–H and O–H groups in total. The zero-order chi connectivity index (χ0) is 29.1. The first-order valence-electron chi connectivity index (χ1n) is 13.0. The lowest BCUT2D eigenvalue weighted by molar-refractivity contribution is 0.0569. The molecule has 1 unspecified atom stereocenters. The fourth-order valence-corrected chi connectivity index (χ4v) is 4.23. The van der Waals surface area contributed by atoms with Crippen molar-refractivity contribution in [2.45, 2.75) is 45.8 Å². The van der Waals surface area contributed by atoms with E-state index in [4.69, 9.17) is 0 Å². The van der Waals surface area contributed by atoms with Gasteiger partial charge < -0.3 is 20.6 Å². The van der Waals surface area contributed by atoms with Crippen LogP contribution < -0.4 is 10.6 Å². The van der Waals surface area contributed by atoms with Gasteiger partial charge in [-0.15, -0.1) is 0 Å². The van der Waals surface area contributed by atoms with Crippen LogP contribution in [0.25, 0.3) is 0 Å². The summed E-state index contributed by atoms with van der Waals surface area (Å²) >= 11 is 0. The van der Waals surface area contributed by atoms with Crippen LogP contribution in [0.4, 0.5) is 8.78 Å². The Morgan fingerprint density at radius 1 is 1.05 bits per heavy atom. The molecule has 8 heteroatoms. The first-order valence-corrected chi connectivity index (χ1v) is 13.0. The maximum Gasteiger partial charge on any atom is 0.254 e. The molecule has 0 saturated carbocycles. The number of amides is 2. The van der Waals surface area contributed by atoms with Gasteiger partial charge in [0.15, 0.2) is 0 Å². The van der Waals surface area contributed by atoms with Crippen LogP contribution in [0.3, 0.4) is 0 Å². The predicted octanol–water partition coefficient (Wildman–Crippen LogP) is 4.74. The van der Waals surface area contributed by atoms with Gasteiger partial charge in [-0.25, -0.2) is 8.78 Å². The third kappa shape index (κ3) is 9.26. The number of nitrogens with one attached hydrogen (secondary N) is 2. The molecule has 210 valence electrons. The van der Waals surface area contributed by atoms with Crippen molar-refractivity contribution in [2.24, 2.45) is 0 Å². The fraction of sp³-hybridized carbons (Fsp3) is 0.355. The van der Waals surface area contributed by atoms with E-state index in [1.807, 2.05) is 13.8 Å². The molecule has 2 aromatic carbocycles. The Morgan fingerprint density at radius 3 is 2.26 bits per heavy atom. The van der Waals surface area contributed by atoms with Crippen LogP contribution in [0.2, 0.25) is 0 Å². The van der Waals surface area contributed by atoms with E-state index in [1.54, 1.807) is 44.3 Å².